The standard InChI is InChI=1S/C16H21N3S/c1-11-8-13(19(3)18-11)10-14(17-2)16-9-12-6-4-5-7-15(12)20-16/h4-8,14,16-17H,9-10H2,1-3H3. The minimum atomic E-state index is 0.474. The number of aryl methyl sites for hydroxylation is 2. The Balaban J connectivity index is 1.74. The molecule has 20 heavy (non-hydrogen) atoms. The van der Waals surface area contributed by atoms with Gasteiger partial charge in [-0.05, 0) is 38.1 Å². The van der Waals surface area contributed by atoms with Crippen LogP contribution < -0.4 is 5.32 Å². The maximum absolute atomic E-state index is 4.45. The highest BCUT2D eigenvalue weighted by atomic mass is 32.2. The highest BCUT2D eigenvalue weighted by Gasteiger charge is 2.29. The van der Waals surface area contributed by atoms with E-state index < -0.39 is 0 Å². The van der Waals surface area contributed by atoms with Crippen molar-refractivity contribution in [3.8, 4) is 0 Å². The zero-order valence-electron chi connectivity index (χ0n) is 12.3. The Morgan fingerprint density at radius 2 is 2.25 bits per heavy atom. The SMILES string of the molecule is CNC(Cc1cc(C)nn1C)C1Cc2ccccc2S1. The number of benzene rings is 1. The molecule has 0 fully saturated rings. The molecule has 3 rings (SSSR count). The van der Waals surface area contributed by atoms with E-state index in [1.807, 2.05) is 23.5 Å². The Morgan fingerprint density at radius 3 is 2.90 bits per heavy atom. The molecule has 1 aromatic heterocycles. The summed E-state index contributed by atoms with van der Waals surface area (Å²) in [6.45, 7) is 2.05. The van der Waals surface area contributed by atoms with Crippen LogP contribution in [0.4, 0.5) is 0 Å². The van der Waals surface area contributed by atoms with Crippen molar-refractivity contribution in [3.05, 3.63) is 47.3 Å². The molecule has 3 nitrogen and oxygen atoms in total. The lowest BCUT2D eigenvalue weighted by atomic mass is 10.0. The summed E-state index contributed by atoms with van der Waals surface area (Å²) in [6.07, 6.45) is 2.18. The second-order valence-corrected chi connectivity index (χ2v) is 6.75. The van der Waals surface area contributed by atoms with Crippen LogP contribution >= 0.6 is 11.8 Å². The first-order valence-corrected chi connectivity index (χ1v) is 7.96. The second kappa shape index (κ2) is 5.62. The zero-order chi connectivity index (χ0) is 14.1. The second-order valence-electron chi connectivity index (χ2n) is 5.47. The van der Waals surface area contributed by atoms with Gasteiger partial charge < -0.3 is 5.32 Å². The molecule has 1 aromatic carbocycles. The van der Waals surface area contributed by atoms with Crippen LogP contribution in [0.15, 0.2) is 35.2 Å². The molecule has 4 heteroatoms. The normalized spacial score (nSPS) is 19.1. The zero-order valence-corrected chi connectivity index (χ0v) is 13.1. The fourth-order valence-corrected chi connectivity index (χ4v) is 4.38. The lowest BCUT2D eigenvalue weighted by Gasteiger charge is -2.22. The van der Waals surface area contributed by atoms with Gasteiger partial charge in [-0.15, -0.1) is 11.8 Å². The first-order chi connectivity index (χ1) is 9.67. The molecule has 0 bridgehead atoms. The van der Waals surface area contributed by atoms with E-state index in [9.17, 15) is 0 Å². The third-order valence-electron chi connectivity index (χ3n) is 4.02. The van der Waals surface area contributed by atoms with Crippen LogP contribution in [0.1, 0.15) is 17.0 Å². The fourth-order valence-electron chi connectivity index (χ4n) is 2.93. The van der Waals surface area contributed by atoms with E-state index in [4.69, 9.17) is 0 Å². The quantitative estimate of drug-likeness (QED) is 0.937. The predicted molar refractivity (Wildman–Crippen MR) is 84.3 cm³/mol. The molecular formula is C16H21N3S. The minimum absolute atomic E-state index is 0.474. The van der Waals surface area contributed by atoms with Crippen molar-refractivity contribution in [1.82, 2.24) is 15.1 Å². The number of fused-ring (bicyclic) bond motifs is 1. The highest BCUT2D eigenvalue weighted by Crippen LogP contribution is 2.38. The molecule has 2 unspecified atom stereocenters. The van der Waals surface area contributed by atoms with Gasteiger partial charge in [0.05, 0.1) is 5.69 Å². The molecule has 1 N–H and O–H groups in total. The molecule has 2 aromatic rings. The van der Waals surface area contributed by atoms with Gasteiger partial charge >= 0.3 is 0 Å². The summed E-state index contributed by atoms with van der Waals surface area (Å²) in [4.78, 5) is 1.44. The third-order valence-corrected chi connectivity index (χ3v) is 5.47. The van der Waals surface area contributed by atoms with Gasteiger partial charge in [0.2, 0.25) is 0 Å². The number of aromatic nitrogens is 2. The monoisotopic (exact) mass is 287 g/mol. The number of nitrogens with zero attached hydrogens (tertiary/aromatic N) is 2. The van der Waals surface area contributed by atoms with Gasteiger partial charge in [-0.1, -0.05) is 18.2 Å². The summed E-state index contributed by atoms with van der Waals surface area (Å²) in [5.41, 5.74) is 3.89. The molecule has 0 spiro atoms. The van der Waals surface area contributed by atoms with E-state index in [0.717, 1.165) is 18.5 Å². The predicted octanol–water partition coefficient (Wildman–Crippen LogP) is 2.58. The van der Waals surface area contributed by atoms with Crippen molar-refractivity contribution in [2.75, 3.05) is 7.05 Å². The summed E-state index contributed by atoms with van der Waals surface area (Å²) in [5.74, 6) is 0. The van der Waals surface area contributed by atoms with Crippen LogP contribution in [-0.2, 0) is 19.9 Å². The molecule has 106 valence electrons. The van der Waals surface area contributed by atoms with Crippen LogP contribution in [0.2, 0.25) is 0 Å². The van der Waals surface area contributed by atoms with Crippen molar-refractivity contribution >= 4 is 11.8 Å². The summed E-state index contributed by atoms with van der Waals surface area (Å²) in [6, 6.07) is 11.4. The van der Waals surface area contributed by atoms with E-state index in [0.29, 0.717) is 11.3 Å². The molecule has 0 saturated carbocycles. The van der Waals surface area contributed by atoms with Crippen LogP contribution in [0.5, 0.6) is 0 Å². The van der Waals surface area contributed by atoms with Crippen molar-refractivity contribution in [2.24, 2.45) is 7.05 Å². The van der Waals surface area contributed by atoms with E-state index in [-0.39, 0.29) is 0 Å². The number of hydrogen-bond donors (Lipinski definition) is 1. The maximum Gasteiger partial charge on any atom is 0.0596 e. The first kappa shape index (κ1) is 13.7. The van der Waals surface area contributed by atoms with Crippen LogP contribution in [0.25, 0.3) is 0 Å². The van der Waals surface area contributed by atoms with Crippen LogP contribution in [0.3, 0.4) is 0 Å². The van der Waals surface area contributed by atoms with Crippen molar-refractivity contribution in [2.45, 2.75) is 36.0 Å². The van der Waals surface area contributed by atoms with E-state index in [2.05, 4.69) is 54.7 Å². The van der Waals surface area contributed by atoms with Gasteiger partial charge in [-0.25, -0.2) is 0 Å². The number of likely N-dealkylation sites (N-methyl/N-ethyl adjacent to an activating group) is 1. The van der Waals surface area contributed by atoms with Gasteiger partial charge in [0, 0.05) is 35.3 Å². The van der Waals surface area contributed by atoms with E-state index in [1.165, 1.54) is 16.2 Å². The van der Waals surface area contributed by atoms with E-state index >= 15 is 0 Å². The molecule has 1 aliphatic heterocycles. The van der Waals surface area contributed by atoms with Crippen molar-refractivity contribution in [3.63, 3.8) is 0 Å². The lowest BCUT2D eigenvalue weighted by molar-refractivity contribution is 0.518. The Labute approximate surface area is 124 Å². The average molecular weight is 287 g/mol. The molecule has 0 aliphatic carbocycles. The smallest absolute Gasteiger partial charge is 0.0596 e. The highest BCUT2D eigenvalue weighted by molar-refractivity contribution is 8.00. The molecule has 0 radical (unpaired) electrons. The summed E-state index contributed by atoms with van der Waals surface area (Å²) < 4.78 is 2.01. The number of nitrogens with one attached hydrogen (secondary N) is 1. The number of thioether (sulfide) groups is 1. The first-order valence-electron chi connectivity index (χ1n) is 7.08. The summed E-state index contributed by atoms with van der Waals surface area (Å²) >= 11 is 2.01. The lowest BCUT2D eigenvalue weighted by Crippen LogP contribution is -2.38. The molecule has 1 aliphatic rings. The summed E-state index contributed by atoms with van der Waals surface area (Å²) in [7, 11) is 4.10. The minimum Gasteiger partial charge on any atom is -0.315 e. The average Bonchev–Trinajstić information content (AvgIpc) is 2.99. The van der Waals surface area contributed by atoms with Crippen molar-refractivity contribution < 1.29 is 0 Å². The molecule has 0 saturated heterocycles. The largest absolute Gasteiger partial charge is 0.315 e. The van der Waals surface area contributed by atoms with Gasteiger partial charge in [0.15, 0.2) is 0 Å². The third kappa shape index (κ3) is 2.63. The Hall–Kier alpha value is -1.26. The van der Waals surface area contributed by atoms with Crippen molar-refractivity contribution in [1.29, 1.82) is 0 Å². The maximum atomic E-state index is 4.45. The van der Waals surface area contributed by atoms with Crippen LogP contribution in [0, 0.1) is 6.92 Å². The Kier molecular flexibility index (Phi) is 3.85. The Bertz CT molecular complexity index is 581. The molecular weight excluding hydrogens is 266 g/mol. The van der Waals surface area contributed by atoms with Gasteiger partial charge in [-0.2, -0.15) is 5.10 Å². The Morgan fingerprint density at radius 1 is 1.45 bits per heavy atom. The molecule has 2 heterocycles. The molecule has 2 atom stereocenters. The van der Waals surface area contributed by atoms with E-state index in [1.54, 1.807) is 0 Å². The topological polar surface area (TPSA) is 29.9 Å². The number of rotatable bonds is 4. The van der Waals surface area contributed by atoms with Crippen LogP contribution in [-0.4, -0.2) is 28.1 Å². The number of hydrogen-bond acceptors (Lipinski definition) is 3. The summed E-state index contributed by atoms with van der Waals surface area (Å²) in [5, 5.41) is 8.55. The van der Waals surface area contributed by atoms with Gasteiger partial charge in [0.25, 0.3) is 0 Å². The molecule has 0 amide bonds. The fraction of sp³-hybridized carbons (Fsp3) is 0.438. The van der Waals surface area contributed by atoms with Gasteiger partial charge in [-0.3, -0.25) is 4.68 Å². The van der Waals surface area contributed by atoms with Gasteiger partial charge in [0.1, 0.15) is 0 Å².